The van der Waals surface area contributed by atoms with Crippen LogP contribution in [0, 0.1) is 6.92 Å². The number of pyridine rings is 1. The van der Waals surface area contributed by atoms with E-state index in [0.29, 0.717) is 24.3 Å². The van der Waals surface area contributed by atoms with Gasteiger partial charge in [-0.2, -0.15) is 5.10 Å². The van der Waals surface area contributed by atoms with Gasteiger partial charge < -0.3 is 0 Å². The molecule has 0 N–H and O–H groups in total. The molecule has 2 heterocycles. The Bertz CT molecular complexity index is 578. The molecule has 0 atom stereocenters. The van der Waals surface area contributed by atoms with E-state index in [4.69, 9.17) is 11.6 Å². The standard InChI is InChI=1S/C14H16ClN3O/c1-10-14(15)13(18(2)17-10)8-12(19)6-5-11-4-3-7-16-9-11/h3-4,7,9H,5-6,8H2,1-2H3. The highest BCUT2D eigenvalue weighted by Gasteiger charge is 2.14. The lowest BCUT2D eigenvalue weighted by Crippen LogP contribution is -2.08. The fourth-order valence-corrected chi connectivity index (χ4v) is 2.20. The van der Waals surface area contributed by atoms with Crippen LogP contribution in [0.4, 0.5) is 0 Å². The van der Waals surface area contributed by atoms with Crippen LogP contribution >= 0.6 is 11.6 Å². The SMILES string of the molecule is Cc1nn(C)c(CC(=O)CCc2cccnc2)c1Cl. The van der Waals surface area contributed by atoms with Crippen molar-refractivity contribution in [2.24, 2.45) is 7.05 Å². The Morgan fingerprint density at radius 2 is 2.26 bits per heavy atom. The summed E-state index contributed by atoms with van der Waals surface area (Å²) in [5, 5.41) is 4.80. The number of ketones is 1. The number of Topliss-reactive ketones (excluding diaryl/α,β-unsaturated/α-hetero) is 1. The van der Waals surface area contributed by atoms with Crippen molar-refractivity contribution in [2.45, 2.75) is 26.2 Å². The van der Waals surface area contributed by atoms with Crippen LogP contribution in [-0.4, -0.2) is 20.5 Å². The monoisotopic (exact) mass is 277 g/mol. The number of aromatic nitrogens is 3. The molecule has 0 bridgehead atoms. The van der Waals surface area contributed by atoms with Gasteiger partial charge in [-0.05, 0) is 25.0 Å². The molecular weight excluding hydrogens is 262 g/mol. The predicted molar refractivity (Wildman–Crippen MR) is 74.2 cm³/mol. The van der Waals surface area contributed by atoms with Gasteiger partial charge in [-0.15, -0.1) is 0 Å². The Kier molecular flexibility index (Phi) is 4.32. The maximum Gasteiger partial charge on any atom is 0.139 e. The third kappa shape index (κ3) is 3.41. The van der Waals surface area contributed by atoms with Crippen LogP contribution in [0.15, 0.2) is 24.5 Å². The first kappa shape index (κ1) is 13.7. The van der Waals surface area contributed by atoms with Crippen molar-refractivity contribution >= 4 is 17.4 Å². The van der Waals surface area contributed by atoms with Crippen molar-refractivity contribution in [2.75, 3.05) is 0 Å². The van der Waals surface area contributed by atoms with Crippen molar-refractivity contribution in [1.82, 2.24) is 14.8 Å². The molecule has 0 fully saturated rings. The number of nitrogens with zero attached hydrogens (tertiary/aromatic N) is 3. The largest absolute Gasteiger partial charge is 0.299 e. The molecule has 0 spiro atoms. The van der Waals surface area contributed by atoms with E-state index in [1.807, 2.05) is 26.1 Å². The minimum absolute atomic E-state index is 0.161. The number of carbonyl (C=O) groups is 1. The van der Waals surface area contributed by atoms with E-state index in [2.05, 4.69) is 10.1 Å². The Balaban J connectivity index is 1.95. The minimum Gasteiger partial charge on any atom is -0.299 e. The average molecular weight is 278 g/mol. The Morgan fingerprint density at radius 1 is 1.47 bits per heavy atom. The van der Waals surface area contributed by atoms with E-state index >= 15 is 0 Å². The van der Waals surface area contributed by atoms with Gasteiger partial charge in [0, 0.05) is 32.3 Å². The topological polar surface area (TPSA) is 47.8 Å². The molecule has 0 saturated heterocycles. The van der Waals surface area contributed by atoms with Crippen LogP contribution in [-0.2, 0) is 24.7 Å². The van der Waals surface area contributed by atoms with Gasteiger partial charge in [0.1, 0.15) is 5.78 Å². The number of aryl methyl sites for hydroxylation is 3. The van der Waals surface area contributed by atoms with Crippen molar-refractivity contribution in [3.63, 3.8) is 0 Å². The number of carbonyl (C=O) groups excluding carboxylic acids is 1. The fourth-order valence-electron chi connectivity index (χ4n) is 1.98. The molecule has 5 heteroatoms. The summed E-state index contributed by atoms with van der Waals surface area (Å²) in [5.74, 6) is 0.161. The van der Waals surface area contributed by atoms with Gasteiger partial charge in [-0.3, -0.25) is 14.5 Å². The summed E-state index contributed by atoms with van der Waals surface area (Å²) in [7, 11) is 1.81. The van der Waals surface area contributed by atoms with E-state index < -0.39 is 0 Å². The van der Waals surface area contributed by atoms with E-state index in [1.54, 1.807) is 17.1 Å². The van der Waals surface area contributed by atoms with Gasteiger partial charge in [-0.25, -0.2) is 0 Å². The van der Waals surface area contributed by atoms with Crippen LogP contribution in [0.25, 0.3) is 0 Å². The highest BCUT2D eigenvalue weighted by Crippen LogP contribution is 2.20. The first-order chi connectivity index (χ1) is 9.08. The molecule has 0 aliphatic rings. The van der Waals surface area contributed by atoms with Gasteiger partial charge >= 0.3 is 0 Å². The molecular formula is C14H16ClN3O. The molecule has 0 saturated carbocycles. The second-order valence-electron chi connectivity index (χ2n) is 4.55. The summed E-state index contributed by atoms with van der Waals surface area (Å²) in [6.07, 6.45) is 5.04. The van der Waals surface area contributed by atoms with E-state index in [0.717, 1.165) is 17.0 Å². The molecule has 0 aliphatic carbocycles. The first-order valence-electron chi connectivity index (χ1n) is 6.16. The number of hydrogen-bond acceptors (Lipinski definition) is 3. The lowest BCUT2D eigenvalue weighted by Gasteiger charge is -2.03. The lowest BCUT2D eigenvalue weighted by molar-refractivity contribution is -0.118. The van der Waals surface area contributed by atoms with Crippen molar-refractivity contribution in [1.29, 1.82) is 0 Å². The maximum atomic E-state index is 12.0. The van der Waals surface area contributed by atoms with Crippen molar-refractivity contribution in [3.05, 3.63) is 46.5 Å². The van der Waals surface area contributed by atoms with Crippen molar-refractivity contribution in [3.8, 4) is 0 Å². The second-order valence-corrected chi connectivity index (χ2v) is 4.92. The van der Waals surface area contributed by atoms with Crippen LogP contribution in [0.1, 0.15) is 23.4 Å². The summed E-state index contributed by atoms with van der Waals surface area (Å²) < 4.78 is 1.68. The Hall–Kier alpha value is -1.68. The summed E-state index contributed by atoms with van der Waals surface area (Å²) in [4.78, 5) is 16.0. The van der Waals surface area contributed by atoms with Gasteiger partial charge in [0.15, 0.2) is 0 Å². The molecule has 0 aliphatic heterocycles. The molecule has 4 nitrogen and oxygen atoms in total. The van der Waals surface area contributed by atoms with Gasteiger partial charge in [0.25, 0.3) is 0 Å². The smallest absolute Gasteiger partial charge is 0.139 e. The number of halogens is 1. The van der Waals surface area contributed by atoms with Crippen LogP contribution < -0.4 is 0 Å². The van der Waals surface area contributed by atoms with E-state index in [1.165, 1.54) is 0 Å². The fraction of sp³-hybridized carbons (Fsp3) is 0.357. The molecule has 100 valence electrons. The lowest BCUT2D eigenvalue weighted by atomic mass is 10.1. The van der Waals surface area contributed by atoms with Gasteiger partial charge in [-0.1, -0.05) is 17.7 Å². The van der Waals surface area contributed by atoms with E-state index in [-0.39, 0.29) is 5.78 Å². The van der Waals surface area contributed by atoms with Crippen LogP contribution in [0.2, 0.25) is 5.02 Å². The molecule has 19 heavy (non-hydrogen) atoms. The molecule has 2 aromatic heterocycles. The molecule has 0 aromatic carbocycles. The predicted octanol–water partition coefficient (Wildman–Crippen LogP) is 2.52. The first-order valence-corrected chi connectivity index (χ1v) is 6.54. The van der Waals surface area contributed by atoms with E-state index in [9.17, 15) is 4.79 Å². The highest BCUT2D eigenvalue weighted by molar-refractivity contribution is 6.32. The zero-order chi connectivity index (χ0) is 13.8. The minimum atomic E-state index is 0.161. The Morgan fingerprint density at radius 3 is 2.84 bits per heavy atom. The summed E-state index contributed by atoms with van der Waals surface area (Å²) >= 11 is 6.13. The Labute approximate surface area is 117 Å². The molecule has 2 aromatic rings. The molecule has 0 amide bonds. The highest BCUT2D eigenvalue weighted by atomic mass is 35.5. The summed E-state index contributed by atoms with van der Waals surface area (Å²) in [6.45, 7) is 1.84. The maximum absolute atomic E-state index is 12.0. The third-order valence-corrected chi connectivity index (χ3v) is 3.53. The molecule has 0 radical (unpaired) electrons. The zero-order valence-corrected chi connectivity index (χ0v) is 11.8. The third-order valence-electron chi connectivity index (χ3n) is 3.04. The van der Waals surface area contributed by atoms with Gasteiger partial charge in [0.2, 0.25) is 0 Å². The van der Waals surface area contributed by atoms with Crippen molar-refractivity contribution < 1.29 is 4.79 Å². The zero-order valence-electron chi connectivity index (χ0n) is 11.1. The molecule has 0 unspecified atom stereocenters. The quantitative estimate of drug-likeness (QED) is 0.844. The van der Waals surface area contributed by atoms with Gasteiger partial charge in [0.05, 0.1) is 16.4 Å². The van der Waals surface area contributed by atoms with Crippen LogP contribution in [0.3, 0.4) is 0 Å². The number of hydrogen-bond donors (Lipinski definition) is 0. The average Bonchev–Trinajstić information content (AvgIpc) is 2.64. The summed E-state index contributed by atoms with van der Waals surface area (Å²) in [5.41, 5.74) is 2.62. The second kappa shape index (κ2) is 5.97. The molecule has 2 rings (SSSR count). The summed E-state index contributed by atoms with van der Waals surface area (Å²) in [6, 6.07) is 3.85. The normalized spacial score (nSPS) is 10.7. The van der Waals surface area contributed by atoms with Crippen LogP contribution in [0.5, 0.6) is 0 Å². The number of rotatable bonds is 5.